The SMILES string of the molecule is CN1CCN(C(=O)COC(=O)c2ccccc2Cl)CC1. The molecule has 1 fully saturated rings. The standard InChI is InChI=1S/C14H17ClN2O3/c1-16-6-8-17(9-7-16)13(18)10-20-14(19)11-4-2-3-5-12(11)15/h2-5H,6-10H2,1H3. The van der Waals surface area contributed by atoms with Gasteiger partial charge in [-0.3, -0.25) is 4.79 Å². The van der Waals surface area contributed by atoms with Gasteiger partial charge in [0.1, 0.15) is 0 Å². The number of rotatable bonds is 3. The highest BCUT2D eigenvalue weighted by molar-refractivity contribution is 6.33. The van der Waals surface area contributed by atoms with Gasteiger partial charge in [-0.2, -0.15) is 0 Å². The zero-order chi connectivity index (χ0) is 14.5. The van der Waals surface area contributed by atoms with Crippen molar-refractivity contribution in [3.8, 4) is 0 Å². The molecule has 1 aromatic carbocycles. The fraction of sp³-hybridized carbons (Fsp3) is 0.429. The molecule has 0 spiro atoms. The maximum Gasteiger partial charge on any atom is 0.340 e. The van der Waals surface area contributed by atoms with E-state index in [-0.39, 0.29) is 18.1 Å². The van der Waals surface area contributed by atoms with Crippen LogP contribution in [0.2, 0.25) is 5.02 Å². The average molecular weight is 297 g/mol. The van der Waals surface area contributed by atoms with Crippen molar-refractivity contribution in [2.75, 3.05) is 39.8 Å². The Hall–Kier alpha value is -1.59. The third-order valence-corrected chi connectivity index (χ3v) is 3.61. The first-order valence-electron chi connectivity index (χ1n) is 6.46. The van der Waals surface area contributed by atoms with Crippen LogP contribution in [-0.4, -0.2) is 61.5 Å². The van der Waals surface area contributed by atoms with Gasteiger partial charge in [0.25, 0.3) is 5.91 Å². The molecule has 5 nitrogen and oxygen atoms in total. The van der Waals surface area contributed by atoms with Crippen LogP contribution in [0.4, 0.5) is 0 Å². The summed E-state index contributed by atoms with van der Waals surface area (Å²) in [7, 11) is 2.01. The molecule has 1 amide bonds. The number of likely N-dealkylation sites (N-methyl/N-ethyl adjacent to an activating group) is 1. The monoisotopic (exact) mass is 296 g/mol. The molecule has 0 aromatic heterocycles. The molecule has 0 unspecified atom stereocenters. The molecule has 1 saturated heterocycles. The minimum Gasteiger partial charge on any atom is -0.452 e. The van der Waals surface area contributed by atoms with Crippen LogP contribution < -0.4 is 0 Å². The van der Waals surface area contributed by atoms with Crippen LogP contribution in [0.5, 0.6) is 0 Å². The minimum absolute atomic E-state index is 0.168. The summed E-state index contributed by atoms with van der Waals surface area (Å²) < 4.78 is 5.02. The Morgan fingerprint density at radius 1 is 1.20 bits per heavy atom. The van der Waals surface area contributed by atoms with E-state index in [1.54, 1.807) is 29.2 Å². The normalized spacial score (nSPS) is 16.0. The molecule has 0 atom stereocenters. The number of amides is 1. The van der Waals surface area contributed by atoms with Crippen molar-refractivity contribution in [3.63, 3.8) is 0 Å². The number of carbonyl (C=O) groups is 2. The number of ether oxygens (including phenoxy) is 1. The Bertz CT molecular complexity index is 499. The van der Waals surface area contributed by atoms with Crippen molar-refractivity contribution >= 4 is 23.5 Å². The summed E-state index contributed by atoms with van der Waals surface area (Å²) in [5.41, 5.74) is 0.278. The molecule has 0 N–H and O–H groups in total. The number of hydrogen-bond donors (Lipinski definition) is 0. The van der Waals surface area contributed by atoms with Gasteiger partial charge in [0.05, 0.1) is 10.6 Å². The molecule has 0 bridgehead atoms. The van der Waals surface area contributed by atoms with Gasteiger partial charge in [0, 0.05) is 26.2 Å². The van der Waals surface area contributed by atoms with Crippen LogP contribution in [0, 0.1) is 0 Å². The zero-order valence-electron chi connectivity index (χ0n) is 11.3. The molecule has 20 heavy (non-hydrogen) atoms. The molecule has 0 radical (unpaired) electrons. The van der Waals surface area contributed by atoms with Gasteiger partial charge in [-0.25, -0.2) is 4.79 Å². The molecule has 1 aliphatic rings. The third kappa shape index (κ3) is 3.71. The Morgan fingerprint density at radius 2 is 1.85 bits per heavy atom. The molecule has 108 valence electrons. The first-order chi connectivity index (χ1) is 9.58. The Kier molecular flexibility index (Phi) is 4.98. The van der Waals surface area contributed by atoms with E-state index in [4.69, 9.17) is 16.3 Å². The lowest BCUT2D eigenvalue weighted by molar-refractivity contribution is -0.136. The largest absolute Gasteiger partial charge is 0.452 e. The average Bonchev–Trinajstić information content (AvgIpc) is 2.45. The van der Waals surface area contributed by atoms with E-state index < -0.39 is 5.97 Å². The molecule has 0 aliphatic carbocycles. The lowest BCUT2D eigenvalue weighted by atomic mass is 10.2. The minimum atomic E-state index is -0.571. The van der Waals surface area contributed by atoms with Gasteiger partial charge < -0.3 is 14.5 Å². The third-order valence-electron chi connectivity index (χ3n) is 3.28. The highest BCUT2D eigenvalue weighted by Gasteiger charge is 2.20. The van der Waals surface area contributed by atoms with Gasteiger partial charge in [0.15, 0.2) is 6.61 Å². The number of hydrogen-bond acceptors (Lipinski definition) is 4. The van der Waals surface area contributed by atoms with Crippen LogP contribution in [0.25, 0.3) is 0 Å². The molecule has 6 heteroatoms. The highest BCUT2D eigenvalue weighted by atomic mass is 35.5. The maximum atomic E-state index is 11.9. The van der Waals surface area contributed by atoms with Gasteiger partial charge in [-0.05, 0) is 19.2 Å². The summed E-state index contributed by atoms with van der Waals surface area (Å²) in [6.07, 6.45) is 0. The van der Waals surface area contributed by atoms with Crippen LogP contribution in [0.3, 0.4) is 0 Å². The first-order valence-corrected chi connectivity index (χ1v) is 6.83. The summed E-state index contributed by atoms with van der Waals surface area (Å²) in [6, 6.07) is 6.62. The van der Waals surface area contributed by atoms with Crippen molar-refractivity contribution in [1.82, 2.24) is 9.80 Å². The van der Waals surface area contributed by atoms with Crippen LogP contribution in [-0.2, 0) is 9.53 Å². The highest BCUT2D eigenvalue weighted by Crippen LogP contribution is 2.15. The summed E-state index contributed by atoms with van der Waals surface area (Å²) in [5, 5.41) is 0.324. The van der Waals surface area contributed by atoms with Crippen molar-refractivity contribution in [3.05, 3.63) is 34.9 Å². The number of piperazine rings is 1. The van der Waals surface area contributed by atoms with Crippen molar-refractivity contribution in [2.45, 2.75) is 0 Å². The Labute approximate surface area is 123 Å². The predicted molar refractivity (Wildman–Crippen MR) is 75.8 cm³/mol. The number of nitrogens with zero attached hydrogens (tertiary/aromatic N) is 2. The fourth-order valence-corrected chi connectivity index (χ4v) is 2.19. The zero-order valence-corrected chi connectivity index (χ0v) is 12.1. The quantitative estimate of drug-likeness (QED) is 0.788. The van der Waals surface area contributed by atoms with Gasteiger partial charge >= 0.3 is 5.97 Å². The van der Waals surface area contributed by atoms with Crippen molar-refractivity contribution in [2.24, 2.45) is 0 Å². The summed E-state index contributed by atoms with van der Waals surface area (Å²) in [5.74, 6) is -0.739. The first kappa shape index (κ1) is 14.8. The smallest absolute Gasteiger partial charge is 0.340 e. The van der Waals surface area contributed by atoms with E-state index in [1.807, 2.05) is 7.05 Å². The van der Waals surface area contributed by atoms with Crippen LogP contribution in [0.1, 0.15) is 10.4 Å². The molecular weight excluding hydrogens is 280 g/mol. The molecule has 0 saturated carbocycles. The predicted octanol–water partition coefficient (Wildman–Crippen LogP) is 1.27. The molecule has 1 aromatic rings. The second-order valence-electron chi connectivity index (χ2n) is 4.74. The van der Waals surface area contributed by atoms with E-state index in [2.05, 4.69) is 4.90 Å². The number of carbonyl (C=O) groups excluding carboxylic acids is 2. The second kappa shape index (κ2) is 6.72. The van der Waals surface area contributed by atoms with Gasteiger partial charge in [-0.1, -0.05) is 23.7 Å². The van der Waals surface area contributed by atoms with Gasteiger partial charge in [0.2, 0.25) is 0 Å². The van der Waals surface area contributed by atoms with E-state index in [1.165, 1.54) is 0 Å². The van der Waals surface area contributed by atoms with E-state index in [0.29, 0.717) is 18.1 Å². The van der Waals surface area contributed by atoms with Gasteiger partial charge in [-0.15, -0.1) is 0 Å². The summed E-state index contributed by atoms with van der Waals surface area (Å²) in [4.78, 5) is 27.6. The number of esters is 1. The maximum absolute atomic E-state index is 11.9. The topological polar surface area (TPSA) is 49.9 Å². The molecular formula is C14H17ClN2O3. The summed E-state index contributed by atoms with van der Waals surface area (Å²) in [6.45, 7) is 2.76. The van der Waals surface area contributed by atoms with Crippen LogP contribution >= 0.6 is 11.6 Å². The van der Waals surface area contributed by atoms with Crippen molar-refractivity contribution in [1.29, 1.82) is 0 Å². The van der Waals surface area contributed by atoms with E-state index in [0.717, 1.165) is 13.1 Å². The Balaban J connectivity index is 1.84. The lowest BCUT2D eigenvalue weighted by Crippen LogP contribution is -2.48. The van der Waals surface area contributed by atoms with E-state index in [9.17, 15) is 9.59 Å². The second-order valence-corrected chi connectivity index (χ2v) is 5.15. The number of halogens is 1. The summed E-state index contributed by atoms with van der Waals surface area (Å²) >= 11 is 5.90. The number of benzene rings is 1. The molecule has 2 rings (SSSR count). The lowest BCUT2D eigenvalue weighted by Gasteiger charge is -2.32. The van der Waals surface area contributed by atoms with Crippen molar-refractivity contribution < 1.29 is 14.3 Å². The van der Waals surface area contributed by atoms with E-state index >= 15 is 0 Å². The Morgan fingerprint density at radius 3 is 2.50 bits per heavy atom. The molecule has 1 aliphatic heterocycles. The molecule has 1 heterocycles. The fourth-order valence-electron chi connectivity index (χ4n) is 1.98. The van der Waals surface area contributed by atoms with Crippen LogP contribution in [0.15, 0.2) is 24.3 Å².